The Morgan fingerprint density at radius 2 is 2.37 bits per heavy atom. The Kier molecular flexibility index (Phi) is 6.28. The van der Waals surface area contributed by atoms with Crippen molar-refractivity contribution in [2.75, 3.05) is 20.1 Å². The molecule has 1 aliphatic rings. The number of nitrogens with one attached hydrogen (secondary N) is 1. The van der Waals surface area contributed by atoms with Crippen LogP contribution in [0.1, 0.15) is 49.7 Å². The van der Waals surface area contributed by atoms with E-state index in [2.05, 4.69) is 22.5 Å². The molecule has 4 heteroatoms. The number of thiazole rings is 1. The lowest BCUT2D eigenvalue weighted by molar-refractivity contribution is 0.131. The highest BCUT2D eigenvalue weighted by atomic mass is 32.1. The van der Waals surface area contributed by atoms with E-state index >= 15 is 0 Å². The van der Waals surface area contributed by atoms with Crippen LogP contribution in [0.3, 0.4) is 0 Å². The maximum atomic E-state index is 4.77. The largest absolute Gasteiger partial charge is 0.320 e. The summed E-state index contributed by atoms with van der Waals surface area (Å²) >= 11 is 1.83. The molecule has 0 bridgehead atoms. The van der Waals surface area contributed by atoms with Gasteiger partial charge in [-0.3, -0.25) is 4.90 Å². The van der Waals surface area contributed by atoms with Crippen molar-refractivity contribution in [1.82, 2.24) is 15.2 Å². The van der Waals surface area contributed by atoms with E-state index in [1.165, 1.54) is 49.4 Å². The smallest absolute Gasteiger partial charge is 0.0928 e. The summed E-state index contributed by atoms with van der Waals surface area (Å²) in [7, 11) is 2.05. The molecular formula is C15H27N3S. The molecule has 19 heavy (non-hydrogen) atoms. The molecule has 2 heterocycles. The summed E-state index contributed by atoms with van der Waals surface area (Å²) in [5, 5.41) is 6.85. The Hall–Kier alpha value is -0.450. The van der Waals surface area contributed by atoms with Gasteiger partial charge in [-0.25, -0.2) is 4.98 Å². The first-order valence-corrected chi connectivity index (χ1v) is 8.53. The van der Waals surface area contributed by atoms with Gasteiger partial charge in [0, 0.05) is 18.0 Å². The molecule has 1 aromatic rings. The summed E-state index contributed by atoms with van der Waals surface area (Å²) in [4.78, 5) is 7.41. The van der Waals surface area contributed by atoms with Crippen LogP contribution in [-0.4, -0.2) is 36.1 Å². The lowest BCUT2D eigenvalue weighted by Gasteiger charge is -2.35. The predicted octanol–water partition coefficient (Wildman–Crippen LogP) is 3.06. The molecule has 1 aromatic heterocycles. The molecule has 0 aliphatic carbocycles. The second kappa shape index (κ2) is 7.98. The molecule has 3 nitrogen and oxygen atoms in total. The van der Waals surface area contributed by atoms with Crippen molar-refractivity contribution in [3.63, 3.8) is 0 Å². The minimum absolute atomic E-state index is 0.748. The van der Waals surface area contributed by atoms with Crippen molar-refractivity contribution < 1.29 is 0 Å². The lowest BCUT2D eigenvalue weighted by Crippen LogP contribution is -2.40. The van der Waals surface area contributed by atoms with E-state index in [0.717, 1.165) is 25.6 Å². The summed E-state index contributed by atoms with van der Waals surface area (Å²) in [6.07, 6.45) is 7.69. The number of piperidine rings is 1. The SMILES string of the molecule is CCCc1nc(CN2CCCCC2CCNC)cs1. The molecule has 0 radical (unpaired) electrons. The van der Waals surface area contributed by atoms with E-state index in [0.29, 0.717) is 0 Å². The predicted molar refractivity (Wildman–Crippen MR) is 82.7 cm³/mol. The zero-order chi connectivity index (χ0) is 13.5. The zero-order valence-electron chi connectivity index (χ0n) is 12.3. The summed E-state index contributed by atoms with van der Waals surface area (Å²) < 4.78 is 0. The topological polar surface area (TPSA) is 28.2 Å². The first-order valence-electron chi connectivity index (χ1n) is 7.65. The summed E-state index contributed by atoms with van der Waals surface area (Å²) in [6, 6.07) is 0.748. The van der Waals surface area contributed by atoms with Gasteiger partial charge in [0.15, 0.2) is 0 Å². The standard InChI is InChI=1S/C15H27N3S/c1-3-6-15-17-13(12-19-15)11-18-10-5-4-7-14(18)8-9-16-2/h12,14,16H,3-11H2,1-2H3. The first-order chi connectivity index (χ1) is 9.33. The Balaban J connectivity index is 1.90. The van der Waals surface area contributed by atoms with Crippen molar-refractivity contribution in [2.24, 2.45) is 0 Å². The fourth-order valence-corrected chi connectivity index (χ4v) is 3.76. The molecule has 1 N–H and O–H groups in total. The molecule has 108 valence electrons. The Morgan fingerprint density at radius 1 is 1.47 bits per heavy atom. The van der Waals surface area contributed by atoms with Gasteiger partial charge in [-0.2, -0.15) is 0 Å². The molecule has 2 rings (SSSR count). The average Bonchev–Trinajstić information content (AvgIpc) is 2.86. The number of nitrogens with zero attached hydrogens (tertiary/aromatic N) is 2. The highest BCUT2D eigenvalue weighted by Gasteiger charge is 2.22. The maximum Gasteiger partial charge on any atom is 0.0928 e. The Bertz CT molecular complexity index is 364. The third kappa shape index (κ3) is 4.55. The Labute approximate surface area is 121 Å². The van der Waals surface area contributed by atoms with Gasteiger partial charge in [0.25, 0.3) is 0 Å². The van der Waals surface area contributed by atoms with E-state index in [4.69, 9.17) is 4.98 Å². The lowest BCUT2D eigenvalue weighted by atomic mass is 9.99. The van der Waals surface area contributed by atoms with Gasteiger partial charge in [-0.15, -0.1) is 11.3 Å². The minimum atomic E-state index is 0.748. The van der Waals surface area contributed by atoms with Gasteiger partial charge in [0.2, 0.25) is 0 Å². The monoisotopic (exact) mass is 281 g/mol. The zero-order valence-corrected chi connectivity index (χ0v) is 13.1. The van der Waals surface area contributed by atoms with Crippen LogP contribution in [0.5, 0.6) is 0 Å². The molecule has 1 atom stereocenters. The van der Waals surface area contributed by atoms with Crippen LogP contribution in [0.25, 0.3) is 0 Å². The molecule has 1 fully saturated rings. The van der Waals surface area contributed by atoms with Gasteiger partial charge in [-0.1, -0.05) is 13.3 Å². The highest BCUT2D eigenvalue weighted by Crippen LogP contribution is 2.22. The number of hydrogen-bond acceptors (Lipinski definition) is 4. The second-order valence-electron chi connectivity index (χ2n) is 5.49. The van der Waals surface area contributed by atoms with E-state index in [1.807, 2.05) is 18.4 Å². The van der Waals surface area contributed by atoms with Crippen molar-refractivity contribution in [2.45, 2.75) is 58.0 Å². The Morgan fingerprint density at radius 3 is 3.16 bits per heavy atom. The van der Waals surface area contributed by atoms with Crippen LogP contribution in [0, 0.1) is 0 Å². The van der Waals surface area contributed by atoms with Gasteiger partial charge >= 0.3 is 0 Å². The van der Waals surface area contributed by atoms with E-state index in [-0.39, 0.29) is 0 Å². The molecule has 1 saturated heterocycles. The molecule has 0 saturated carbocycles. The van der Waals surface area contributed by atoms with Gasteiger partial charge in [0.05, 0.1) is 10.7 Å². The number of likely N-dealkylation sites (tertiary alicyclic amines) is 1. The van der Waals surface area contributed by atoms with Crippen LogP contribution in [0.15, 0.2) is 5.38 Å². The molecule has 0 amide bonds. The molecule has 1 aliphatic heterocycles. The third-order valence-corrected chi connectivity index (χ3v) is 4.86. The highest BCUT2D eigenvalue weighted by molar-refractivity contribution is 7.09. The summed E-state index contributed by atoms with van der Waals surface area (Å²) in [6.45, 7) is 5.64. The number of aromatic nitrogens is 1. The summed E-state index contributed by atoms with van der Waals surface area (Å²) in [5.41, 5.74) is 1.28. The van der Waals surface area contributed by atoms with Crippen LogP contribution >= 0.6 is 11.3 Å². The molecule has 0 spiro atoms. The van der Waals surface area contributed by atoms with Crippen molar-refractivity contribution in [3.05, 3.63) is 16.1 Å². The minimum Gasteiger partial charge on any atom is -0.320 e. The molecule has 0 aromatic carbocycles. The van der Waals surface area contributed by atoms with Crippen LogP contribution < -0.4 is 5.32 Å². The molecular weight excluding hydrogens is 254 g/mol. The third-order valence-electron chi connectivity index (χ3n) is 3.90. The van der Waals surface area contributed by atoms with Crippen molar-refractivity contribution in [3.8, 4) is 0 Å². The first kappa shape index (κ1) is 14.9. The van der Waals surface area contributed by atoms with Crippen LogP contribution in [0.2, 0.25) is 0 Å². The van der Waals surface area contributed by atoms with Gasteiger partial charge in [0.1, 0.15) is 0 Å². The van der Waals surface area contributed by atoms with Crippen LogP contribution in [-0.2, 0) is 13.0 Å². The van der Waals surface area contributed by atoms with Gasteiger partial charge in [-0.05, 0) is 52.2 Å². The van der Waals surface area contributed by atoms with Crippen LogP contribution in [0.4, 0.5) is 0 Å². The van der Waals surface area contributed by atoms with Crippen molar-refractivity contribution in [1.29, 1.82) is 0 Å². The number of hydrogen-bond donors (Lipinski definition) is 1. The fraction of sp³-hybridized carbons (Fsp3) is 0.800. The quantitative estimate of drug-likeness (QED) is 0.832. The number of rotatable bonds is 7. The average molecular weight is 281 g/mol. The van der Waals surface area contributed by atoms with Gasteiger partial charge < -0.3 is 5.32 Å². The fourth-order valence-electron chi connectivity index (χ4n) is 2.86. The number of aryl methyl sites for hydroxylation is 1. The summed E-state index contributed by atoms with van der Waals surface area (Å²) in [5.74, 6) is 0. The van der Waals surface area contributed by atoms with E-state index < -0.39 is 0 Å². The molecule has 1 unspecified atom stereocenters. The normalized spacial score (nSPS) is 20.8. The van der Waals surface area contributed by atoms with Crippen molar-refractivity contribution >= 4 is 11.3 Å². The van der Waals surface area contributed by atoms with E-state index in [9.17, 15) is 0 Å². The van der Waals surface area contributed by atoms with E-state index in [1.54, 1.807) is 0 Å². The second-order valence-corrected chi connectivity index (χ2v) is 6.44. The maximum absolute atomic E-state index is 4.77.